The Labute approximate surface area is 129 Å². The minimum atomic E-state index is -1.11. The summed E-state index contributed by atoms with van der Waals surface area (Å²) in [6, 6.07) is 9.47. The Morgan fingerprint density at radius 1 is 1.14 bits per heavy atom. The van der Waals surface area contributed by atoms with Crippen molar-refractivity contribution in [2.45, 2.75) is 12.8 Å². The standard InChI is InChI=1S/C17H20O5/c1-21-12-15(17(19)20)16(22-2)11-10-14(18)9-8-13-6-4-3-5-7-13/h3-9H,10-12H2,1-2H3,(H,19,20). The summed E-state index contributed by atoms with van der Waals surface area (Å²) in [4.78, 5) is 23.0. The van der Waals surface area contributed by atoms with Crippen molar-refractivity contribution in [3.63, 3.8) is 0 Å². The average molecular weight is 304 g/mol. The molecule has 0 bridgehead atoms. The number of ketones is 1. The highest BCUT2D eigenvalue weighted by Crippen LogP contribution is 2.14. The second-order valence-corrected chi connectivity index (χ2v) is 4.55. The fourth-order valence-corrected chi connectivity index (χ4v) is 1.86. The van der Waals surface area contributed by atoms with Gasteiger partial charge in [-0.15, -0.1) is 0 Å². The maximum atomic E-state index is 11.8. The number of hydrogen-bond donors (Lipinski definition) is 1. The number of carbonyl (C=O) groups excluding carboxylic acids is 1. The van der Waals surface area contributed by atoms with Gasteiger partial charge in [0.25, 0.3) is 0 Å². The van der Waals surface area contributed by atoms with Crippen LogP contribution in [0.15, 0.2) is 47.7 Å². The van der Waals surface area contributed by atoms with Gasteiger partial charge in [0.05, 0.1) is 13.7 Å². The molecule has 118 valence electrons. The van der Waals surface area contributed by atoms with Crippen molar-refractivity contribution in [2.75, 3.05) is 20.8 Å². The molecular formula is C17H20O5. The first kappa shape index (κ1) is 17.7. The first-order valence-electron chi connectivity index (χ1n) is 6.82. The van der Waals surface area contributed by atoms with Gasteiger partial charge in [-0.1, -0.05) is 36.4 Å². The van der Waals surface area contributed by atoms with E-state index in [0.717, 1.165) is 5.56 Å². The smallest absolute Gasteiger partial charge is 0.337 e. The van der Waals surface area contributed by atoms with Crippen LogP contribution in [0.4, 0.5) is 0 Å². The number of carboxylic acid groups (broad SMARTS) is 1. The molecule has 0 radical (unpaired) electrons. The molecule has 0 saturated carbocycles. The molecule has 0 amide bonds. The van der Waals surface area contributed by atoms with Crippen LogP contribution in [-0.2, 0) is 19.1 Å². The first-order valence-corrected chi connectivity index (χ1v) is 6.82. The molecule has 1 aromatic rings. The van der Waals surface area contributed by atoms with Gasteiger partial charge < -0.3 is 14.6 Å². The maximum Gasteiger partial charge on any atom is 0.337 e. The minimum absolute atomic E-state index is 0.0323. The summed E-state index contributed by atoms with van der Waals surface area (Å²) >= 11 is 0. The van der Waals surface area contributed by atoms with Crippen LogP contribution in [0.2, 0.25) is 0 Å². The zero-order chi connectivity index (χ0) is 16.4. The summed E-state index contributed by atoms with van der Waals surface area (Å²) in [6.45, 7) is -0.0629. The molecule has 0 atom stereocenters. The Balaban J connectivity index is 2.66. The third-order valence-electron chi connectivity index (χ3n) is 2.99. The fraction of sp³-hybridized carbons (Fsp3) is 0.294. The summed E-state index contributed by atoms with van der Waals surface area (Å²) in [7, 11) is 2.79. The van der Waals surface area contributed by atoms with Gasteiger partial charge in [0.2, 0.25) is 0 Å². The molecule has 0 heterocycles. The largest absolute Gasteiger partial charge is 0.500 e. The summed E-state index contributed by atoms with van der Waals surface area (Å²) < 4.78 is 9.92. The van der Waals surface area contributed by atoms with Crippen molar-refractivity contribution in [2.24, 2.45) is 0 Å². The van der Waals surface area contributed by atoms with Crippen molar-refractivity contribution in [1.29, 1.82) is 0 Å². The van der Waals surface area contributed by atoms with E-state index in [9.17, 15) is 9.59 Å². The quantitative estimate of drug-likeness (QED) is 0.561. The molecule has 0 aliphatic carbocycles. The van der Waals surface area contributed by atoms with Crippen LogP contribution in [0.3, 0.4) is 0 Å². The summed E-state index contributed by atoms with van der Waals surface area (Å²) in [5.74, 6) is -0.942. The van der Waals surface area contributed by atoms with E-state index in [1.165, 1.54) is 20.3 Å². The van der Waals surface area contributed by atoms with E-state index in [1.807, 2.05) is 30.3 Å². The van der Waals surface area contributed by atoms with Gasteiger partial charge in [-0.25, -0.2) is 4.79 Å². The predicted molar refractivity (Wildman–Crippen MR) is 83.3 cm³/mol. The van der Waals surface area contributed by atoms with Gasteiger partial charge in [-0.05, 0) is 11.6 Å². The lowest BCUT2D eigenvalue weighted by Gasteiger charge is -2.10. The first-order chi connectivity index (χ1) is 10.6. The van der Waals surface area contributed by atoms with E-state index < -0.39 is 5.97 Å². The lowest BCUT2D eigenvalue weighted by atomic mass is 10.1. The topological polar surface area (TPSA) is 72.8 Å². The van der Waals surface area contributed by atoms with Crippen LogP contribution < -0.4 is 0 Å². The normalized spacial score (nSPS) is 12.1. The molecular weight excluding hydrogens is 284 g/mol. The fourth-order valence-electron chi connectivity index (χ4n) is 1.86. The highest BCUT2D eigenvalue weighted by molar-refractivity contribution is 5.94. The molecule has 5 nitrogen and oxygen atoms in total. The minimum Gasteiger partial charge on any atom is -0.500 e. The number of benzene rings is 1. The van der Waals surface area contributed by atoms with Crippen LogP contribution >= 0.6 is 0 Å². The van der Waals surface area contributed by atoms with E-state index in [2.05, 4.69) is 0 Å². The molecule has 1 aromatic carbocycles. The SMILES string of the molecule is COCC(C(=O)O)=C(CCC(=O)C=Cc1ccccc1)OC. The maximum absolute atomic E-state index is 11.8. The van der Waals surface area contributed by atoms with Crippen LogP contribution in [-0.4, -0.2) is 37.7 Å². The Hall–Kier alpha value is -2.40. The Kier molecular flexibility index (Phi) is 7.64. The molecule has 1 rings (SSSR count). The van der Waals surface area contributed by atoms with Crippen molar-refractivity contribution >= 4 is 17.8 Å². The van der Waals surface area contributed by atoms with Crippen molar-refractivity contribution in [3.05, 3.63) is 53.3 Å². The molecule has 0 aliphatic heterocycles. The Morgan fingerprint density at radius 2 is 1.82 bits per heavy atom. The highest BCUT2D eigenvalue weighted by Gasteiger charge is 2.15. The second-order valence-electron chi connectivity index (χ2n) is 4.55. The van der Waals surface area contributed by atoms with E-state index in [0.29, 0.717) is 0 Å². The van der Waals surface area contributed by atoms with Crippen molar-refractivity contribution in [1.82, 2.24) is 0 Å². The lowest BCUT2D eigenvalue weighted by molar-refractivity contribution is -0.133. The van der Waals surface area contributed by atoms with Gasteiger partial charge in [0.15, 0.2) is 5.78 Å². The number of allylic oxidation sites excluding steroid dienone is 2. The molecule has 0 fully saturated rings. The number of carbonyl (C=O) groups is 2. The van der Waals surface area contributed by atoms with Gasteiger partial charge in [0.1, 0.15) is 11.3 Å². The number of hydrogen-bond acceptors (Lipinski definition) is 4. The van der Waals surface area contributed by atoms with Crippen LogP contribution in [0.5, 0.6) is 0 Å². The molecule has 0 unspecified atom stereocenters. The summed E-state index contributed by atoms with van der Waals surface area (Å²) in [5, 5.41) is 9.11. The predicted octanol–water partition coefficient (Wildman–Crippen LogP) is 2.68. The molecule has 0 aliphatic rings. The molecule has 22 heavy (non-hydrogen) atoms. The van der Waals surface area contributed by atoms with Crippen LogP contribution in [0, 0.1) is 0 Å². The Morgan fingerprint density at radius 3 is 2.36 bits per heavy atom. The summed E-state index contributed by atoms with van der Waals surface area (Å²) in [5.41, 5.74) is 0.966. The molecule has 0 saturated heterocycles. The molecule has 1 N–H and O–H groups in total. The van der Waals surface area contributed by atoms with E-state index in [4.69, 9.17) is 14.6 Å². The van der Waals surface area contributed by atoms with Gasteiger partial charge in [-0.2, -0.15) is 0 Å². The van der Waals surface area contributed by atoms with Gasteiger partial charge >= 0.3 is 5.97 Å². The second kappa shape index (κ2) is 9.52. The number of methoxy groups -OCH3 is 2. The molecule has 5 heteroatoms. The van der Waals surface area contributed by atoms with E-state index >= 15 is 0 Å². The molecule has 0 spiro atoms. The third kappa shape index (κ3) is 5.93. The third-order valence-corrected chi connectivity index (χ3v) is 2.99. The van der Waals surface area contributed by atoms with Crippen LogP contribution in [0.25, 0.3) is 6.08 Å². The lowest BCUT2D eigenvalue weighted by Crippen LogP contribution is -2.12. The number of carboxylic acids is 1. The van der Waals surface area contributed by atoms with Gasteiger partial charge in [0, 0.05) is 20.0 Å². The zero-order valence-electron chi connectivity index (χ0n) is 12.7. The zero-order valence-corrected chi connectivity index (χ0v) is 12.7. The number of ether oxygens (including phenoxy) is 2. The van der Waals surface area contributed by atoms with Crippen LogP contribution in [0.1, 0.15) is 18.4 Å². The monoisotopic (exact) mass is 304 g/mol. The summed E-state index contributed by atoms with van der Waals surface area (Å²) in [6.07, 6.45) is 3.61. The molecule has 0 aromatic heterocycles. The van der Waals surface area contributed by atoms with E-state index in [1.54, 1.807) is 6.08 Å². The number of rotatable bonds is 9. The van der Waals surface area contributed by atoms with E-state index in [-0.39, 0.29) is 36.6 Å². The van der Waals surface area contributed by atoms with Crippen molar-refractivity contribution in [3.8, 4) is 0 Å². The number of aliphatic carboxylic acids is 1. The highest BCUT2D eigenvalue weighted by atomic mass is 16.5. The van der Waals surface area contributed by atoms with Gasteiger partial charge in [-0.3, -0.25) is 4.79 Å². The average Bonchev–Trinajstić information content (AvgIpc) is 2.53. The Bertz CT molecular complexity index is 558. The van der Waals surface area contributed by atoms with Crippen molar-refractivity contribution < 1.29 is 24.2 Å².